The van der Waals surface area contributed by atoms with Crippen molar-refractivity contribution in [1.82, 2.24) is 9.97 Å². The van der Waals surface area contributed by atoms with E-state index in [0.717, 1.165) is 12.8 Å². The predicted octanol–water partition coefficient (Wildman–Crippen LogP) is 0.924. The molecule has 92 valence electrons. The van der Waals surface area contributed by atoms with Gasteiger partial charge < -0.3 is 11.1 Å². The molecule has 3 N–H and O–H groups in total. The average Bonchev–Trinajstić information content (AvgIpc) is 3.13. The fraction of sp³-hybridized carbons (Fsp3) is 0.600. The maximum atomic E-state index is 10.5. The van der Waals surface area contributed by atoms with Crippen molar-refractivity contribution in [2.24, 2.45) is 11.7 Å². The molecule has 7 heteroatoms. The van der Waals surface area contributed by atoms with Crippen LogP contribution in [-0.2, 0) is 0 Å². The Morgan fingerprint density at radius 2 is 2.18 bits per heavy atom. The zero-order valence-corrected chi connectivity index (χ0v) is 9.59. The first kappa shape index (κ1) is 11.7. The van der Waals surface area contributed by atoms with Gasteiger partial charge in [-0.1, -0.05) is 0 Å². The first-order valence-corrected chi connectivity index (χ1v) is 5.50. The van der Waals surface area contributed by atoms with Crippen LogP contribution in [0.15, 0.2) is 12.4 Å². The third kappa shape index (κ3) is 2.50. The molecule has 1 aromatic heterocycles. The fourth-order valence-electron chi connectivity index (χ4n) is 1.78. The summed E-state index contributed by atoms with van der Waals surface area (Å²) in [5.74, 6) is 0.918. The van der Waals surface area contributed by atoms with Gasteiger partial charge in [0, 0.05) is 6.54 Å². The molecule has 1 aliphatic rings. The number of nitrogens with one attached hydrogen (secondary N) is 1. The van der Waals surface area contributed by atoms with Gasteiger partial charge in [-0.3, -0.25) is 10.1 Å². The lowest BCUT2D eigenvalue weighted by atomic mass is 9.96. The molecule has 0 aromatic carbocycles. The number of nitro groups is 1. The van der Waals surface area contributed by atoms with Crippen LogP contribution in [0.3, 0.4) is 0 Å². The number of nitrogens with two attached hydrogens (primary N) is 1. The standard InChI is InChI=1S/C10H15N5O2/c1-10(6-11,7-2-3-7)14-9-12-4-8(5-13-9)15(16)17/h4-5,7H,2-3,6,11H2,1H3,(H,12,13,14). The molecule has 1 heterocycles. The molecule has 1 atom stereocenters. The van der Waals surface area contributed by atoms with E-state index < -0.39 is 4.92 Å². The van der Waals surface area contributed by atoms with E-state index in [1.165, 1.54) is 12.4 Å². The van der Waals surface area contributed by atoms with Crippen molar-refractivity contribution in [1.29, 1.82) is 0 Å². The van der Waals surface area contributed by atoms with E-state index >= 15 is 0 Å². The van der Waals surface area contributed by atoms with Crippen molar-refractivity contribution >= 4 is 11.6 Å². The number of hydrogen-bond acceptors (Lipinski definition) is 6. The van der Waals surface area contributed by atoms with Crippen molar-refractivity contribution in [2.45, 2.75) is 25.3 Å². The zero-order chi connectivity index (χ0) is 12.5. The van der Waals surface area contributed by atoms with Crippen LogP contribution < -0.4 is 11.1 Å². The van der Waals surface area contributed by atoms with Gasteiger partial charge in [-0.2, -0.15) is 0 Å². The van der Waals surface area contributed by atoms with Crippen LogP contribution in [0.4, 0.5) is 11.6 Å². The first-order chi connectivity index (χ1) is 8.05. The summed E-state index contributed by atoms with van der Waals surface area (Å²) in [6.07, 6.45) is 4.68. The van der Waals surface area contributed by atoms with E-state index in [-0.39, 0.29) is 11.2 Å². The molecule has 17 heavy (non-hydrogen) atoms. The highest BCUT2D eigenvalue weighted by atomic mass is 16.6. The van der Waals surface area contributed by atoms with E-state index in [1.807, 2.05) is 6.92 Å². The van der Waals surface area contributed by atoms with Gasteiger partial charge in [-0.15, -0.1) is 0 Å². The predicted molar refractivity (Wildman–Crippen MR) is 62.5 cm³/mol. The Kier molecular flexibility index (Phi) is 2.93. The highest BCUT2D eigenvalue weighted by molar-refractivity contribution is 5.34. The zero-order valence-electron chi connectivity index (χ0n) is 9.59. The summed E-state index contributed by atoms with van der Waals surface area (Å²) in [5, 5.41) is 13.6. The second-order valence-corrected chi connectivity index (χ2v) is 4.54. The van der Waals surface area contributed by atoms with Gasteiger partial charge in [0.15, 0.2) is 0 Å². The number of anilines is 1. The monoisotopic (exact) mass is 237 g/mol. The highest BCUT2D eigenvalue weighted by Gasteiger charge is 2.41. The van der Waals surface area contributed by atoms with Gasteiger partial charge >= 0.3 is 5.69 Å². The summed E-state index contributed by atoms with van der Waals surface area (Å²) in [4.78, 5) is 17.8. The van der Waals surface area contributed by atoms with Crippen LogP contribution in [0, 0.1) is 16.0 Å². The molecule has 1 aromatic rings. The Morgan fingerprint density at radius 1 is 1.59 bits per heavy atom. The van der Waals surface area contributed by atoms with Crippen molar-refractivity contribution in [3.63, 3.8) is 0 Å². The van der Waals surface area contributed by atoms with Gasteiger partial charge in [-0.05, 0) is 25.7 Å². The third-order valence-corrected chi connectivity index (χ3v) is 3.15. The van der Waals surface area contributed by atoms with Crippen molar-refractivity contribution in [3.8, 4) is 0 Å². The topological polar surface area (TPSA) is 107 Å². The summed E-state index contributed by atoms with van der Waals surface area (Å²) in [7, 11) is 0. The molecule has 1 aliphatic carbocycles. The average molecular weight is 237 g/mol. The Bertz CT molecular complexity index is 417. The molecule has 0 radical (unpaired) electrons. The number of nitrogens with zero attached hydrogens (tertiary/aromatic N) is 3. The second-order valence-electron chi connectivity index (χ2n) is 4.54. The van der Waals surface area contributed by atoms with Crippen LogP contribution in [0.25, 0.3) is 0 Å². The molecule has 0 aliphatic heterocycles. The molecule has 1 fully saturated rings. The smallest absolute Gasteiger partial charge is 0.305 e. The SMILES string of the molecule is CC(CN)(Nc1ncc([N+](=O)[O-])cn1)C1CC1. The summed E-state index contributed by atoms with van der Waals surface area (Å²) < 4.78 is 0. The van der Waals surface area contributed by atoms with E-state index in [0.29, 0.717) is 18.4 Å². The molecule has 0 saturated heterocycles. The Labute approximate surface area is 98.6 Å². The molecule has 0 spiro atoms. The van der Waals surface area contributed by atoms with Gasteiger partial charge in [0.25, 0.3) is 0 Å². The summed E-state index contributed by atoms with van der Waals surface area (Å²) in [6.45, 7) is 2.51. The highest BCUT2D eigenvalue weighted by Crippen LogP contribution is 2.40. The molecular weight excluding hydrogens is 222 g/mol. The Morgan fingerprint density at radius 3 is 2.59 bits per heavy atom. The van der Waals surface area contributed by atoms with E-state index in [1.54, 1.807) is 0 Å². The number of rotatable bonds is 5. The lowest BCUT2D eigenvalue weighted by Gasteiger charge is -2.29. The Hall–Kier alpha value is -1.76. The van der Waals surface area contributed by atoms with Crippen LogP contribution in [0.2, 0.25) is 0 Å². The minimum Gasteiger partial charge on any atom is -0.348 e. The van der Waals surface area contributed by atoms with E-state index in [4.69, 9.17) is 5.73 Å². The number of hydrogen-bond donors (Lipinski definition) is 2. The van der Waals surface area contributed by atoms with Crippen LogP contribution in [0.1, 0.15) is 19.8 Å². The maximum Gasteiger partial charge on any atom is 0.305 e. The molecular formula is C10H15N5O2. The molecule has 0 amide bonds. The van der Waals surface area contributed by atoms with Gasteiger partial charge in [0.2, 0.25) is 5.95 Å². The van der Waals surface area contributed by atoms with Crippen LogP contribution in [-0.4, -0.2) is 27.0 Å². The molecule has 2 rings (SSSR count). The van der Waals surface area contributed by atoms with E-state index in [9.17, 15) is 10.1 Å². The molecule has 0 bridgehead atoms. The lowest BCUT2D eigenvalue weighted by molar-refractivity contribution is -0.385. The molecule has 1 unspecified atom stereocenters. The van der Waals surface area contributed by atoms with Crippen molar-refractivity contribution in [3.05, 3.63) is 22.5 Å². The lowest BCUT2D eigenvalue weighted by Crippen LogP contribution is -2.45. The molecule has 1 saturated carbocycles. The van der Waals surface area contributed by atoms with Crippen molar-refractivity contribution in [2.75, 3.05) is 11.9 Å². The largest absolute Gasteiger partial charge is 0.348 e. The Balaban J connectivity index is 2.10. The second kappa shape index (κ2) is 4.25. The van der Waals surface area contributed by atoms with E-state index in [2.05, 4.69) is 15.3 Å². The van der Waals surface area contributed by atoms with Crippen LogP contribution >= 0.6 is 0 Å². The minimum absolute atomic E-state index is 0.114. The maximum absolute atomic E-state index is 10.5. The fourth-order valence-corrected chi connectivity index (χ4v) is 1.78. The van der Waals surface area contributed by atoms with Crippen molar-refractivity contribution < 1.29 is 4.92 Å². The van der Waals surface area contributed by atoms with Gasteiger partial charge in [0.1, 0.15) is 12.4 Å². The van der Waals surface area contributed by atoms with Gasteiger partial charge in [0.05, 0.1) is 10.5 Å². The summed E-state index contributed by atoms with van der Waals surface area (Å²) >= 11 is 0. The number of aromatic nitrogens is 2. The molecule has 7 nitrogen and oxygen atoms in total. The summed E-state index contributed by atoms with van der Waals surface area (Å²) in [5.41, 5.74) is 5.41. The third-order valence-electron chi connectivity index (χ3n) is 3.15. The van der Waals surface area contributed by atoms with Crippen LogP contribution in [0.5, 0.6) is 0 Å². The van der Waals surface area contributed by atoms with Gasteiger partial charge in [-0.25, -0.2) is 9.97 Å². The first-order valence-electron chi connectivity index (χ1n) is 5.50. The summed E-state index contributed by atoms with van der Waals surface area (Å²) in [6, 6.07) is 0. The normalized spacial score (nSPS) is 18.5. The minimum atomic E-state index is -0.521. The quantitative estimate of drug-likeness (QED) is 0.582.